The summed E-state index contributed by atoms with van der Waals surface area (Å²) in [7, 11) is 1.83. The van der Waals surface area contributed by atoms with Crippen LogP contribution in [0.3, 0.4) is 0 Å². The number of H-pyrrole nitrogens is 1. The second-order valence-electron chi connectivity index (χ2n) is 6.64. The highest BCUT2D eigenvalue weighted by molar-refractivity contribution is 5.92. The van der Waals surface area contributed by atoms with Gasteiger partial charge in [-0.3, -0.25) is 14.5 Å². The molecule has 5 rings (SSSR count). The van der Waals surface area contributed by atoms with E-state index in [1.165, 1.54) is 0 Å². The van der Waals surface area contributed by atoms with Crippen LogP contribution in [-0.4, -0.2) is 42.6 Å². The van der Waals surface area contributed by atoms with E-state index in [2.05, 4.69) is 30.2 Å². The van der Waals surface area contributed by atoms with Crippen LogP contribution < -0.4 is 5.56 Å². The van der Waals surface area contributed by atoms with Crippen molar-refractivity contribution >= 4 is 22.7 Å². The number of aryl methyl sites for hydroxylation is 1. The van der Waals surface area contributed by atoms with Gasteiger partial charge in [-0.2, -0.15) is 15.1 Å². The quantitative estimate of drug-likeness (QED) is 0.569. The number of rotatable bonds is 4. The molecular weight excluding hydrogens is 377 g/mol. The van der Waals surface area contributed by atoms with Gasteiger partial charge in [0.1, 0.15) is 11.7 Å². The third kappa shape index (κ3) is 3.14. The predicted molar refractivity (Wildman–Crippen MR) is 103 cm³/mol. The van der Waals surface area contributed by atoms with Gasteiger partial charge in [0.15, 0.2) is 0 Å². The first-order valence-corrected chi connectivity index (χ1v) is 8.80. The third-order valence-electron chi connectivity index (χ3n) is 4.60. The lowest BCUT2D eigenvalue weighted by Crippen LogP contribution is -2.12. The molecule has 1 aromatic carbocycles. The van der Waals surface area contributed by atoms with E-state index in [9.17, 15) is 9.18 Å². The summed E-state index contributed by atoms with van der Waals surface area (Å²) in [5.74, 6) is 0.281. The highest BCUT2D eigenvalue weighted by Crippen LogP contribution is 2.23. The zero-order chi connectivity index (χ0) is 20.0. The third-order valence-corrected chi connectivity index (χ3v) is 4.60. The van der Waals surface area contributed by atoms with Crippen LogP contribution in [0.2, 0.25) is 0 Å². The topological polar surface area (TPSA) is 115 Å². The van der Waals surface area contributed by atoms with E-state index in [4.69, 9.17) is 4.52 Å². The molecule has 144 valence electrons. The van der Waals surface area contributed by atoms with Gasteiger partial charge < -0.3 is 9.51 Å². The maximum absolute atomic E-state index is 13.6. The van der Waals surface area contributed by atoms with E-state index >= 15 is 0 Å². The smallest absolute Gasteiger partial charge is 0.280 e. The van der Waals surface area contributed by atoms with Crippen molar-refractivity contribution in [2.24, 2.45) is 12.0 Å². The van der Waals surface area contributed by atoms with Gasteiger partial charge in [0.05, 0.1) is 41.9 Å². The van der Waals surface area contributed by atoms with Crippen molar-refractivity contribution in [1.82, 2.24) is 29.9 Å². The standard InChI is InChI=1S/C19H14FN7O2/c1-27-9-11(6-22-27)10-2-3-15-12(4-10)19(28)24-16(23-15)5-17-25-18(26-29-17)13-7-21-8-14(13)20/h2-4,6,8-9H,5,7H2,1H3,(H,23,24,28). The van der Waals surface area contributed by atoms with Crippen molar-refractivity contribution in [3.8, 4) is 11.1 Å². The fourth-order valence-electron chi connectivity index (χ4n) is 3.17. The molecule has 1 N–H and O–H groups in total. The van der Waals surface area contributed by atoms with Crippen LogP contribution >= 0.6 is 0 Å². The maximum atomic E-state index is 13.6. The average Bonchev–Trinajstić information content (AvgIpc) is 3.43. The van der Waals surface area contributed by atoms with Crippen molar-refractivity contribution in [1.29, 1.82) is 0 Å². The zero-order valence-corrected chi connectivity index (χ0v) is 15.3. The number of aromatic nitrogens is 6. The highest BCUT2D eigenvalue weighted by Gasteiger charge is 2.19. The Morgan fingerprint density at radius 2 is 2.17 bits per heavy atom. The number of hydrogen-bond donors (Lipinski definition) is 1. The van der Waals surface area contributed by atoms with Gasteiger partial charge in [-0.1, -0.05) is 11.2 Å². The number of aromatic amines is 1. The molecule has 0 saturated carbocycles. The number of nitrogens with zero attached hydrogens (tertiary/aromatic N) is 6. The molecule has 10 heteroatoms. The Balaban J connectivity index is 1.45. The molecule has 1 aliphatic heterocycles. The van der Waals surface area contributed by atoms with Gasteiger partial charge in [0, 0.05) is 18.8 Å². The Kier molecular flexibility index (Phi) is 3.90. The second-order valence-corrected chi connectivity index (χ2v) is 6.64. The van der Waals surface area contributed by atoms with Gasteiger partial charge in [-0.15, -0.1) is 0 Å². The van der Waals surface area contributed by atoms with E-state index in [0.29, 0.717) is 16.7 Å². The van der Waals surface area contributed by atoms with Crippen LogP contribution in [0.15, 0.2) is 50.7 Å². The Bertz CT molecular complexity index is 1360. The fraction of sp³-hybridized carbons (Fsp3) is 0.158. The van der Waals surface area contributed by atoms with Crippen LogP contribution in [0.4, 0.5) is 4.39 Å². The van der Waals surface area contributed by atoms with Crippen molar-refractivity contribution in [2.45, 2.75) is 6.42 Å². The van der Waals surface area contributed by atoms with E-state index in [1.807, 2.05) is 25.4 Å². The van der Waals surface area contributed by atoms with Gasteiger partial charge in [-0.25, -0.2) is 4.39 Å². The van der Waals surface area contributed by atoms with Crippen LogP contribution in [0, 0.1) is 0 Å². The number of benzene rings is 1. The summed E-state index contributed by atoms with van der Waals surface area (Å²) in [5.41, 5.74) is 2.35. The molecule has 1 aliphatic rings. The minimum atomic E-state index is -0.473. The highest BCUT2D eigenvalue weighted by atomic mass is 19.1. The lowest BCUT2D eigenvalue weighted by Gasteiger charge is -2.03. The van der Waals surface area contributed by atoms with Crippen LogP contribution in [0.1, 0.15) is 17.5 Å². The maximum Gasteiger partial charge on any atom is 0.280 e. The molecule has 4 aromatic rings. The number of hydrogen-bond acceptors (Lipinski definition) is 7. The lowest BCUT2D eigenvalue weighted by atomic mass is 10.1. The summed E-state index contributed by atoms with van der Waals surface area (Å²) in [5, 5.41) is 8.40. The van der Waals surface area contributed by atoms with Gasteiger partial charge in [0.2, 0.25) is 11.7 Å². The number of halogens is 1. The molecule has 29 heavy (non-hydrogen) atoms. The number of aliphatic imine (C=N–C) groups is 1. The molecular formula is C19H14FN7O2. The summed E-state index contributed by atoms with van der Waals surface area (Å²) in [6.45, 7) is 0.176. The van der Waals surface area contributed by atoms with Gasteiger partial charge in [0.25, 0.3) is 5.56 Å². The second kappa shape index (κ2) is 6.59. The van der Waals surface area contributed by atoms with E-state index in [0.717, 1.165) is 17.3 Å². The first kappa shape index (κ1) is 17.2. The molecule has 0 spiro atoms. The number of nitrogens with one attached hydrogen (secondary N) is 1. The van der Waals surface area contributed by atoms with E-state index < -0.39 is 5.83 Å². The molecule has 0 aliphatic carbocycles. The number of allylic oxidation sites excluding steroid dienone is 1. The summed E-state index contributed by atoms with van der Waals surface area (Å²) in [6.07, 6.45) is 4.86. The SMILES string of the molecule is Cn1cc(-c2ccc3[nH]c(Cc4nc(C5=C(F)C=NC5)no4)nc(=O)c3c2)cn1. The van der Waals surface area contributed by atoms with Crippen LogP contribution in [0.25, 0.3) is 27.6 Å². The van der Waals surface area contributed by atoms with Crippen molar-refractivity contribution in [3.63, 3.8) is 0 Å². The monoisotopic (exact) mass is 391 g/mol. The Labute approximate surface area is 162 Å². The first-order chi connectivity index (χ1) is 14.1. The van der Waals surface area contributed by atoms with Crippen LogP contribution in [-0.2, 0) is 13.5 Å². The van der Waals surface area contributed by atoms with Crippen molar-refractivity contribution in [3.05, 3.63) is 64.3 Å². The van der Waals surface area contributed by atoms with Gasteiger partial charge in [-0.05, 0) is 17.7 Å². The minimum Gasteiger partial charge on any atom is -0.343 e. The van der Waals surface area contributed by atoms with Crippen molar-refractivity contribution < 1.29 is 8.91 Å². The molecule has 0 atom stereocenters. The average molecular weight is 391 g/mol. The Morgan fingerprint density at radius 1 is 1.28 bits per heavy atom. The predicted octanol–water partition coefficient (Wildman–Crippen LogP) is 2.06. The molecule has 4 heterocycles. The summed E-state index contributed by atoms with van der Waals surface area (Å²) in [6, 6.07) is 5.50. The summed E-state index contributed by atoms with van der Waals surface area (Å²) >= 11 is 0. The first-order valence-electron chi connectivity index (χ1n) is 8.80. The summed E-state index contributed by atoms with van der Waals surface area (Å²) < 4.78 is 20.5. The molecule has 0 radical (unpaired) electrons. The molecule has 0 fully saturated rings. The van der Waals surface area contributed by atoms with Crippen LogP contribution in [0.5, 0.6) is 0 Å². The van der Waals surface area contributed by atoms with E-state index in [1.54, 1.807) is 16.9 Å². The normalized spacial score (nSPS) is 13.7. The molecule has 0 saturated heterocycles. The largest absolute Gasteiger partial charge is 0.343 e. The molecule has 0 amide bonds. The van der Waals surface area contributed by atoms with Gasteiger partial charge >= 0.3 is 0 Å². The molecule has 0 bridgehead atoms. The molecule has 3 aromatic heterocycles. The lowest BCUT2D eigenvalue weighted by molar-refractivity contribution is 0.381. The number of fused-ring (bicyclic) bond motifs is 1. The Morgan fingerprint density at radius 3 is 2.93 bits per heavy atom. The summed E-state index contributed by atoms with van der Waals surface area (Å²) in [4.78, 5) is 27.8. The zero-order valence-electron chi connectivity index (χ0n) is 15.3. The molecule has 9 nitrogen and oxygen atoms in total. The fourth-order valence-corrected chi connectivity index (χ4v) is 3.17. The Hall–Kier alpha value is -3.95. The minimum absolute atomic E-state index is 0.123. The van der Waals surface area contributed by atoms with E-state index in [-0.39, 0.29) is 35.8 Å². The van der Waals surface area contributed by atoms with Crippen molar-refractivity contribution in [2.75, 3.05) is 6.54 Å². The molecule has 0 unspecified atom stereocenters.